The van der Waals surface area contributed by atoms with Gasteiger partial charge < -0.3 is 10.6 Å². The molecule has 2 amide bonds. The minimum atomic E-state index is -0.273. The SMILES string of the molecule is CNC(=O)c1ccc(C)c(NC(=O)C(C)Br)c1. The molecule has 2 N–H and O–H groups in total. The summed E-state index contributed by atoms with van der Waals surface area (Å²) in [6.07, 6.45) is 0. The molecule has 0 aliphatic carbocycles. The molecule has 92 valence electrons. The maximum Gasteiger partial charge on any atom is 0.251 e. The van der Waals surface area contributed by atoms with Crippen LogP contribution in [0.3, 0.4) is 0 Å². The summed E-state index contributed by atoms with van der Waals surface area (Å²) < 4.78 is 0. The smallest absolute Gasteiger partial charge is 0.251 e. The highest BCUT2D eigenvalue weighted by molar-refractivity contribution is 9.10. The molecule has 1 atom stereocenters. The minimum Gasteiger partial charge on any atom is -0.355 e. The van der Waals surface area contributed by atoms with Crippen molar-refractivity contribution < 1.29 is 9.59 Å². The molecular formula is C12H15BrN2O2. The van der Waals surface area contributed by atoms with Crippen molar-refractivity contribution in [2.24, 2.45) is 0 Å². The molecule has 1 aromatic carbocycles. The molecule has 17 heavy (non-hydrogen) atoms. The van der Waals surface area contributed by atoms with Crippen LogP contribution in [0.4, 0.5) is 5.69 Å². The lowest BCUT2D eigenvalue weighted by molar-refractivity contribution is -0.115. The van der Waals surface area contributed by atoms with Crippen LogP contribution in [0.25, 0.3) is 0 Å². The number of carbonyl (C=O) groups is 2. The average molecular weight is 299 g/mol. The first kappa shape index (κ1) is 13.7. The Morgan fingerprint density at radius 2 is 2.00 bits per heavy atom. The van der Waals surface area contributed by atoms with Crippen LogP contribution in [-0.2, 0) is 4.79 Å². The van der Waals surface area contributed by atoms with Gasteiger partial charge >= 0.3 is 0 Å². The fourth-order valence-electron chi connectivity index (χ4n) is 1.27. The number of hydrogen-bond acceptors (Lipinski definition) is 2. The van der Waals surface area contributed by atoms with Gasteiger partial charge in [0, 0.05) is 18.3 Å². The van der Waals surface area contributed by atoms with Gasteiger partial charge in [-0.2, -0.15) is 0 Å². The van der Waals surface area contributed by atoms with E-state index in [1.54, 1.807) is 32.2 Å². The first-order chi connectivity index (χ1) is 7.95. The maximum atomic E-state index is 11.6. The molecule has 0 radical (unpaired) electrons. The molecule has 0 saturated carbocycles. The summed E-state index contributed by atoms with van der Waals surface area (Å²) in [7, 11) is 1.57. The molecule has 0 aliphatic heterocycles. The van der Waals surface area contributed by atoms with Gasteiger partial charge in [0.25, 0.3) is 5.91 Å². The van der Waals surface area contributed by atoms with E-state index >= 15 is 0 Å². The number of nitrogens with one attached hydrogen (secondary N) is 2. The number of hydrogen-bond donors (Lipinski definition) is 2. The maximum absolute atomic E-state index is 11.6. The molecule has 0 aliphatic rings. The fourth-order valence-corrected chi connectivity index (χ4v) is 1.39. The van der Waals surface area contributed by atoms with Gasteiger partial charge in [-0.05, 0) is 31.5 Å². The second-order valence-electron chi connectivity index (χ2n) is 3.71. The molecule has 4 nitrogen and oxygen atoms in total. The third-order valence-electron chi connectivity index (χ3n) is 2.35. The Kier molecular flexibility index (Phi) is 4.69. The Balaban J connectivity index is 2.99. The highest BCUT2D eigenvalue weighted by atomic mass is 79.9. The highest BCUT2D eigenvalue weighted by Gasteiger charge is 2.12. The van der Waals surface area contributed by atoms with Crippen LogP contribution in [0.15, 0.2) is 18.2 Å². The van der Waals surface area contributed by atoms with Gasteiger partial charge in [0.2, 0.25) is 5.91 Å². The van der Waals surface area contributed by atoms with Crippen LogP contribution in [0.2, 0.25) is 0 Å². The van der Waals surface area contributed by atoms with Crippen LogP contribution in [0.1, 0.15) is 22.8 Å². The molecule has 5 heteroatoms. The van der Waals surface area contributed by atoms with Gasteiger partial charge in [-0.15, -0.1) is 0 Å². The second-order valence-corrected chi connectivity index (χ2v) is 5.09. The van der Waals surface area contributed by atoms with Crippen molar-refractivity contribution in [1.29, 1.82) is 0 Å². The van der Waals surface area contributed by atoms with Crippen molar-refractivity contribution in [3.05, 3.63) is 29.3 Å². The minimum absolute atomic E-state index is 0.137. The quantitative estimate of drug-likeness (QED) is 0.840. The zero-order valence-corrected chi connectivity index (χ0v) is 11.6. The van der Waals surface area contributed by atoms with Crippen molar-refractivity contribution in [1.82, 2.24) is 5.32 Å². The van der Waals surface area contributed by atoms with Crippen molar-refractivity contribution in [3.8, 4) is 0 Å². The van der Waals surface area contributed by atoms with Crippen LogP contribution in [-0.4, -0.2) is 23.7 Å². The van der Waals surface area contributed by atoms with Crippen LogP contribution in [0.5, 0.6) is 0 Å². The topological polar surface area (TPSA) is 58.2 Å². The number of amides is 2. The zero-order valence-electron chi connectivity index (χ0n) is 10.0. The molecule has 1 rings (SSSR count). The number of rotatable bonds is 3. The Morgan fingerprint density at radius 1 is 1.35 bits per heavy atom. The lowest BCUT2D eigenvalue weighted by Gasteiger charge is -2.11. The van der Waals surface area contributed by atoms with Gasteiger partial charge in [0.15, 0.2) is 0 Å². The summed E-state index contributed by atoms with van der Waals surface area (Å²) in [4.78, 5) is 22.7. The predicted octanol–water partition coefficient (Wildman–Crippen LogP) is 2.08. The third kappa shape index (κ3) is 3.56. The van der Waals surface area contributed by atoms with Gasteiger partial charge in [-0.3, -0.25) is 9.59 Å². The summed E-state index contributed by atoms with van der Waals surface area (Å²) in [5, 5.41) is 5.31. The molecule has 1 aromatic rings. The lowest BCUT2D eigenvalue weighted by atomic mass is 10.1. The van der Waals surface area contributed by atoms with Crippen LogP contribution >= 0.6 is 15.9 Å². The van der Waals surface area contributed by atoms with Crippen molar-refractivity contribution in [3.63, 3.8) is 0 Å². The van der Waals surface area contributed by atoms with Crippen LogP contribution < -0.4 is 10.6 Å². The number of benzene rings is 1. The van der Waals surface area contributed by atoms with Gasteiger partial charge in [0.05, 0.1) is 4.83 Å². The van der Waals surface area contributed by atoms with Crippen LogP contribution in [0, 0.1) is 6.92 Å². The van der Waals surface area contributed by atoms with E-state index < -0.39 is 0 Å². The van der Waals surface area contributed by atoms with E-state index in [1.807, 2.05) is 6.92 Å². The first-order valence-electron chi connectivity index (χ1n) is 5.23. The Labute approximate surface area is 109 Å². The molecule has 0 aromatic heterocycles. The lowest BCUT2D eigenvalue weighted by Crippen LogP contribution is -2.22. The third-order valence-corrected chi connectivity index (χ3v) is 2.76. The molecule has 0 saturated heterocycles. The Bertz CT molecular complexity index is 444. The average Bonchev–Trinajstić information content (AvgIpc) is 2.30. The molecule has 1 unspecified atom stereocenters. The van der Waals surface area contributed by atoms with Gasteiger partial charge in [-0.25, -0.2) is 0 Å². The fraction of sp³-hybridized carbons (Fsp3) is 0.333. The summed E-state index contributed by atoms with van der Waals surface area (Å²) in [5.41, 5.74) is 2.09. The normalized spacial score (nSPS) is 11.8. The first-order valence-corrected chi connectivity index (χ1v) is 6.15. The highest BCUT2D eigenvalue weighted by Crippen LogP contribution is 2.18. The van der Waals surface area contributed by atoms with E-state index in [2.05, 4.69) is 26.6 Å². The molecule has 0 heterocycles. The van der Waals surface area contributed by atoms with Gasteiger partial charge in [-0.1, -0.05) is 22.0 Å². The molecule has 0 spiro atoms. The zero-order chi connectivity index (χ0) is 13.0. The molecular weight excluding hydrogens is 284 g/mol. The summed E-state index contributed by atoms with van der Waals surface area (Å²) in [6.45, 7) is 3.62. The van der Waals surface area contributed by atoms with E-state index in [-0.39, 0.29) is 16.6 Å². The Morgan fingerprint density at radius 3 is 2.53 bits per heavy atom. The second kappa shape index (κ2) is 5.82. The Hall–Kier alpha value is -1.36. The van der Waals surface area contributed by atoms with Crippen molar-refractivity contribution in [2.45, 2.75) is 18.7 Å². The summed E-state index contributed by atoms with van der Waals surface area (Å²) in [6, 6.07) is 5.20. The molecule has 0 bridgehead atoms. The van der Waals surface area contributed by atoms with Crippen molar-refractivity contribution >= 4 is 33.4 Å². The number of carbonyl (C=O) groups excluding carboxylic acids is 2. The summed E-state index contributed by atoms with van der Waals surface area (Å²) >= 11 is 3.19. The number of aryl methyl sites for hydroxylation is 1. The number of anilines is 1. The monoisotopic (exact) mass is 298 g/mol. The van der Waals surface area contributed by atoms with Gasteiger partial charge in [0.1, 0.15) is 0 Å². The molecule has 0 fully saturated rings. The van der Waals surface area contributed by atoms with E-state index in [0.717, 1.165) is 5.56 Å². The van der Waals surface area contributed by atoms with E-state index in [4.69, 9.17) is 0 Å². The number of halogens is 1. The standard InChI is InChI=1S/C12H15BrN2O2/c1-7-4-5-9(12(17)14-3)6-10(7)15-11(16)8(2)13/h4-6,8H,1-3H3,(H,14,17)(H,15,16). The predicted molar refractivity (Wildman–Crippen MR) is 71.6 cm³/mol. The number of alkyl halides is 1. The van der Waals surface area contributed by atoms with E-state index in [1.165, 1.54) is 0 Å². The largest absolute Gasteiger partial charge is 0.355 e. The van der Waals surface area contributed by atoms with E-state index in [0.29, 0.717) is 11.3 Å². The van der Waals surface area contributed by atoms with Crippen molar-refractivity contribution in [2.75, 3.05) is 12.4 Å². The van der Waals surface area contributed by atoms with E-state index in [9.17, 15) is 9.59 Å². The summed E-state index contributed by atoms with van der Waals surface area (Å²) in [5.74, 6) is -0.311.